The van der Waals surface area contributed by atoms with Crippen LogP contribution in [0.15, 0.2) is 30.5 Å². The monoisotopic (exact) mass is 337 g/mol. The number of pyridine rings is 1. The van der Waals surface area contributed by atoms with Crippen LogP contribution in [0.25, 0.3) is 0 Å². The number of likely N-dealkylation sites (tertiary alicyclic amines) is 1. The number of carbonyl (C=O) groups excluding carboxylic acids is 2. The largest absolute Gasteiger partial charge is 0.337 e. The quantitative estimate of drug-likeness (QED) is 0.932. The number of hydrogen-bond acceptors (Lipinski definition) is 3. The number of anilines is 1. The van der Waals surface area contributed by atoms with Crippen molar-refractivity contribution in [3.8, 4) is 0 Å². The Kier molecular flexibility index (Phi) is 4.83. The summed E-state index contributed by atoms with van der Waals surface area (Å²) < 4.78 is 0. The van der Waals surface area contributed by atoms with Crippen LogP contribution in [0.5, 0.6) is 0 Å². The molecule has 0 aliphatic carbocycles. The molecular formula is C20H23N3O2. The minimum atomic E-state index is -0.229. The highest BCUT2D eigenvalue weighted by atomic mass is 16.2. The SMILES string of the molecule is Cc1cc(C)c(NC(=O)c2ccnc(C(=O)N3CCCC3)c2)c(C)c1. The summed E-state index contributed by atoms with van der Waals surface area (Å²) in [7, 11) is 0. The molecule has 0 radical (unpaired) electrons. The second-order valence-electron chi connectivity index (χ2n) is 6.66. The molecule has 130 valence electrons. The Morgan fingerprint density at radius 2 is 1.68 bits per heavy atom. The highest BCUT2D eigenvalue weighted by molar-refractivity contribution is 6.06. The first-order chi connectivity index (χ1) is 12.0. The van der Waals surface area contributed by atoms with Gasteiger partial charge in [-0.3, -0.25) is 14.6 Å². The molecule has 2 amide bonds. The van der Waals surface area contributed by atoms with E-state index in [1.807, 2.05) is 32.9 Å². The second-order valence-corrected chi connectivity index (χ2v) is 6.66. The van der Waals surface area contributed by atoms with Crippen molar-refractivity contribution in [2.75, 3.05) is 18.4 Å². The van der Waals surface area contributed by atoms with E-state index < -0.39 is 0 Å². The van der Waals surface area contributed by atoms with E-state index in [0.717, 1.165) is 48.3 Å². The molecule has 5 nitrogen and oxygen atoms in total. The smallest absolute Gasteiger partial charge is 0.272 e. The Balaban J connectivity index is 1.81. The molecule has 0 spiro atoms. The summed E-state index contributed by atoms with van der Waals surface area (Å²) in [5.41, 5.74) is 4.79. The van der Waals surface area contributed by atoms with Crippen LogP contribution in [0.2, 0.25) is 0 Å². The molecule has 0 atom stereocenters. The maximum Gasteiger partial charge on any atom is 0.272 e. The molecule has 3 rings (SSSR count). The van der Waals surface area contributed by atoms with Gasteiger partial charge < -0.3 is 10.2 Å². The van der Waals surface area contributed by atoms with Gasteiger partial charge in [0.15, 0.2) is 0 Å². The van der Waals surface area contributed by atoms with Gasteiger partial charge in [0.25, 0.3) is 11.8 Å². The highest BCUT2D eigenvalue weighted by Crippen LogP contribution is 2.23. The van der Waals surface area contributed by atoms with Gasteiger partial charge in [0.05, 0.1) is 0 Å². The normalized spacial score (nSPS) is 13.8. The molecule has 0 saturated carbocycles. The highest BCUT2D eigenvalue weighted by Gasteiger charge is 2.21. The average molecular weight is 337 g/mol. The molecule has 1 aromatic heterocycles. The predicted molar refractivity (Wildman–Crippen MR) is 98.0 cm³/mol. The van der Waals surface area contributed by atoms with Crippen molar-refractivity contribution in [1.29, 1.82) is 0 Å². The molecular weight excluding hydrogens is 314 g/mol. The van der Waals surface area contributed by atoms with Gasteiger partial charge in [0.1, 0.15) is 5.69 Å². The van der Waals surface area contributed by atoms with Crippen LogP contribution in [0.3, 0.4) is 0 Å². The van der Waals surface area contributed by atoms with E-state index in [1.54, 1.807) is 17.0 Å². The summed E-state index contributed by atoms with van der Waals surface area (Å²) in [4.78, 5) is 31.0. The molecule has 25 heavy (non-hydrogen) atoms. The fourth-order valence-corrected chi connectivity index (χ4v) is 3.33. The Morgan fingerprint density at radius 1 is 1.04 bits per heavy atom. The zero-order chi connectivity index (χ0) is 18.0. The molecule has 0 unspecified atom stereocenters. The van der Waals surface area contributed by atoms with Gasteiger partial charge in [-0.1, -0.05) is 17.7 Å². The number of rotatable bonds is 3. The van der Waals surface area contributed by atoms with Crippen molar-refractivity contribution >= 4 is 17.5 Å². The lowest BCUT2D eigenvalue weighted by molar-refractivity contribution is 0.0787. The fourth-order valence-electron chi connectivity index (χ4n) is 3.33. The van der Waals surface area contributed by atoms with Crippen molar-refractivity contribution in [1.82, 2.24) is 9.88 Å². The van der Waals surface area contributed by atoms with Gasteiger partial charge >= 0.3 is 0 Å². The van der Waals surface area contributed by atoms with Crippen LogP contribution < -0.4 is 5.32 Å². The van der Waals surface area contributed by atoms with E-state index in [9.17, 15) is 9.59 Å². The lowest BCUT2D eigenvalue weighted by atomic mass is 10.0. The van der Waals surface area contributed by atoms with E-state index in [1.165, 1.54) is 6.20 Å². The number of aromatic nitrogens is 1. The number of aryl methyl sites for hydroxylation is 3. The molecule has 1 fully saturated rings. The van der Waals surface area contributed by atoms with Crippen LogP contribution in [0, 0.1) is 20.8 Å². The Labute approximate surface area is 148 Å². The zero-order valence-corrected chi connectivity index (χ0v) is 14.9. The van der Waals surface area contributed by atoms with Gasteiger partial charge in [-0.15, -0.1) is 0 Å². The van der Waals surface area contributed by atoms with E-state index >= 15 is 0 Å². The minimum Gasteiger partial charge on any atom is -0.337 e. The third kappa shape index (κ3) is 3.71. The van der Waals surface area contributed by atoms with Crippen LogP contribution in [0.4, 0.5) is 5.69 Å². The van der Waals surface area contributed by atoms with E-state index in [0.29, 0.717) is 11.3 Å². The molecule has 1 N–H and O–H groups in total. The number of benzene rings is 1. The molecule has 1 aromatic carbocycles. The first-order valence-electron chi connectivity index (χ1n) is 8.60. The molecule has 1 aliphatic heterocycles. The average Bonchev–Trinajstić information content (AvgIpc) is 3.12. The molecule has 1 saturated heterocycles. The number of amides is 2. The minimum absolute atomic E-state index is 0.102. The van der Waals surface area contributed by atoms with Crippen molar-refractivity contribution in [2.24, 2.45) is 0 Å². The summed E-state index contributed by atoms with van der Waals surface area (Å²) in [6.45, 7) is 7.51. The first-order valence-corrected chi connectivity index (χ1v) is 8.60. The van der Waals surface area contributed by atoms with E-state index in [2.05, 4.69) is 10.3 Å². The predicted octanol–water partition coefficient (Wildman–Crippen LogP) is 3.50. The van der Waals surface area contributed by atoms with E-state index in [-0.39, 0.29) is 11.8 Å². The third-order valence-corrected chi connectivity index (χ3v) is 4.55. The van der Waals surface area contributed by atoms with Crippen LogP contribution in [0.1, 0.15) is 50.4 Å². The summed E-state index contributed by atoms with van der Waals surface area (Å²) in [5, 5.41) is 2.97. The number of nitrogens with zero attached hydrogens (tertiary/aromatic N) is 2. The van der Waals surface area contributed by atoms with Crippen molar-refractivity contribution in [2.45, 2.75) is 33.6 Å². The number of carbonyl (C=O) groups is 2. The molecule has 5 heteroatoms. The zero-order valence-electron chi connectivity index (χ0n) is 14.9. The second kappa shape index (κ2) is 7.05. The third-order valence-electron chi connectivity index (χ3n) is 4.55. The molecule has 1 aliphatic rings. The molecule has 2 aromatic rings. The van der Waals surface area contributed by atoms with Gasteiger partial charge in [-0.25, -0.2) is 0 Å². The maximum atomic E-state index is 12.6. The van der Waals surface area contributed by atoms with Crippen LogP contribution in [-0.2, 0) is 0 Å². The van der Waals surface area contributed by atoms with Gasteiger partial charge in [0, 0.05) is 30.5 Å². The Morgan fingerprint density at radius 3 is 2.32 bits per heavy atom. The van der Waals surface area contributed by atoms with Crippen LogP contribution >= 0.6 is 0 Å². The Hall–Kier alpha value is -2.69. The fraction of sp³-hybridized carbons (Fsp3) is 0.350. The van der Waals surface area contributed by atoms with Gasteiger partial charge in [-0.05, 0) is 56.9 Å². The number of hydrogen-bond donors (Lipinski definition) is 1. The lowest BCUT2D eigenvalue weighted by Crippen LogP contribution is -2.28. The standard InChI is InChI=1S/C20H23N3O2/c1-13-10-14(2)18(15(3)11-13)22-19(24)16-6-7-21-17(12-16)20(25)23-8-4-5-9-23/h6-7,10-12H,4-5,8-9H2,1-3H3,(H,22,24). The van der Waals surface area contributed by atoms with E-state index in [4.69, 9.17) is 0 Å². The number of nitrogens with one attached hydrogen (secondary N) is 1. The summed E-state index contributed by atoms with van der Waals surface area (Å²) in [5.74, 6) is -0.331. The summed E-state index contributed by atoms with van der Waals surface area (Å²) in [6, 6.07) is 7.29. The summed E-state index contributed by atoms with van der Waals surface area (Å²) >= 11 is 0. The molecule has 0 bridgehead atoms. The topological polar surface area (TPSA) is 62.3 Å². The Bertz CT molecular complexity index is 800. The van der Waals surface area contributed by atoms with Gasteiger partial charge in [-0.2, -0.15) is 0 Å². The first kappa shape index (κ1) is 17.1. The van der Waals surface area contributed by atoms with Crippen LogP contribution in [-0.4, -0.2) is 34.8 Å². The maximum absolute atomic E-state index is 12.6. The van der Waals surface area contributed by atoms with Crippen molar-refractivity contribution in [3.05, 3.63) is 58.4 Å². The molecule has 2 heterocycles. The van der Waals surface area contributed by atoms with Gasteiger partial charge in [0.2, 0.25) is 0 Å². The van der Waals surface area contributed by atoms with Crippen molar-refractivity contribution in [3.63, 3.8) is 0 Å². The van der Waals surface area contributed by atoms with Crippen molar-refractivity contribution < 1.29 is 9.59 Å². The lowest BCUT2D eigenvalue weighted by Gasteiger charge is -2.15. The summed E-state index contributed by atoms with van der Waals surface area (Å²) in [6.07, 6.45) is 3.57.